The molecular weight excluding hydrogens is 318 g/mol. The van der Waals surface area contributed by atoms with E-state index in [-0.39, 0.29) is 11.9 Å². The zero-order valence-corrected chi connectivity index (χ0v) is 14.4. The molecule has 0 fully saturated rings. The topological polar surface area (TPSA) is 53.2 Å². The highest BCUT2D eigenvalue weighted by Gasteiger charge is 2.29. The third-order valence-corrected chi connectivity index (χ3v) is 4.18. The predicted octanol–water partition coefficient (Wildman–Crippen LogP) is 3.43. The summed E-state index contributed by atoms with van der Waals surface area (Å²) in [6.45, 7) is 3.91. The number of thiocarbonyl (C=S) groups is 1. The lowest BCUT2D eigenvalue weighted by atomic mass is 9.94. The van der Waals surface area contributed by atoms with Crippen molar-refractivity contribution in [3.63, 3.8) is 0 Å². The van der Waals surface area contributed by atoms with Gasteiger partial charge >= 0.3 is 0 Å². The van der Waals surface area contributed by atoms with Gasteiger partial charge in [-0.05, 0) is 43.8 Å². The fraction of sp³-hybridized carbons (Fsp3) is 0.158. The monoisotopic (exact) mass is 337 g/mol. The van der Waals surface area contributed by atoms with E-state index in [0.717, 1.165) is 16.9 Å². The van der Waals surface area contributed by atoms with E-state index in [1.807, 2.05) is 68.4 Å². The summed E-state index contributed by atoms with van der Waals surface area (Å²) >= 11 is 5.27. The van der Waals surface area contributed by atoms with Gasteiger partial charge in [0.1, 0.15) is 0 Å². The molecule has 0 bridgehead atoms. The lowest BCUT2D eigenvalue weighted by molar-refractivity contribution is -0.113. The average molecular weight is 337 g/mol. The second kappa shape index (κ2) is 6.84. The standard InChI is InChI=1S/C19H19N3OS/c1-12-8-10-14(11-9-12)17-16(13(2)20-19(24)22-17)18(23)21-15-6-4-3-5-7-15/h3-11,17H,1-2H3,(H,21,23)(H2,20,22,24). The quantitative estimate of drug-likeness (QED) is 0.751. The molecule has 0 saturated heterocycles. The molecule has 1 aliphatic heterocycles. The summed E-state index contributed by atoms with van der Waals surface area (Å²) in [6.07, 6.45) is 0. The van der Waals surface area contributed by atoms with Crippen LogP contribution >= 0.6 is 12.2 Å². The van der Waals surface area contributed by atoms with E-state index in [4.69, 9.17) is 12.2 Å². The molecule has 1 atom stereocenters. The smallest absolute Gasteiger partial charge is 0.255 e. The summed E-state index contributed by atoms with van der Waals surface area (Å²) in [4.78, 5) is 12.8. The summed E-state index contributed by atoms with van der Waals surface area (Å²) in [5.74, 6) is -0.147. The Morgan fingerprint density at radius 2 is 1.71 bits per heavy atom. The number of carbonyl (C=O) groups excluding carboxylic acids is 1. The molecule has 5 heteroatoms. The molecule has 1 amide bonds. The van der Waals surface area contributed by atoms with Crippen molar-refractivity contribution in [1.29, 1.82) is 0 Å². The molecule has 122 valence electrons. The summed E-state index contributed by atoms with van der Waals surface area (Å²) < 4.78 is 0. The number of carbonyl (C=O) groups is 1. The molecular formula is C19H19N3OS. The van der Waals surface area contributed by atoms with Gasteiger partial charge < -0.3 is 16.0 Å². The molecule has 1 unspecified atom stereocenters. The predicted molar refractivity (Wildman–Crippen MR) is 101 cm³/mol. The van der Waals surface area contributed by atoms with Crippen LogP contribution in [0.25, 0.3) is 0 Å². The molecule has 0 spiro atoms. The minimum atomic E-state index is -0.275. The molecule has 2 aromatic carbocycles. The van der Waals surface area contributed by atoms with Crippen LogP contribution in [0.2, 0.25) is 0 Å². The van der Waals surface area contributed by atoms with E-state index >= 15 is 0 Å². The summed E-state index contributed by atoms with van der Waals surface area (Å²) in [5, 5.41) is 9.72. The van der Waals surface area contributed by atoms with Crippen molar-refractivity contribution in [3.8, 4) is 0 Å². The minimum Gasteiger partial charge on any atom is -0.351 e. The maximum Gasteiger partial charge on any atom is 0.255 e. The van der Waals surface area contributed by atoms with Crippen molar-refractivity contribution in [2.24, 2.45) is 0 Å². The van der Waals surface area contributed by atoms with Gasteiger partial charge in [-0.15, -0.1) is 0 Å². The van der Waals surface area contributed by atoms with Gasteiger partial charge in [0.15, 0.2) is 5.11 Å². The van der Waals surface area contributed by atoms with E-state index in [1.165, 1.54) is 5.56 Å². The second-order valence-electron chi connectivity index (χ2n) is 5.80. The zero-order chi connectivity index (χ0) is 17.1. The molecule has 0 aromatic heterocycles. The Labute approximate surface area is 147 Å². The zero-order valence-electron chi connectivity index (χ0n) is 13.6. The molecule has 0 saturated carbocycles. The first-order chi connectivity index (χ1) is 11.5. The molecule has 4 nitrogen and oxygen atoms in total. The summed E-state index contributed by atoms with van der Waals surface area (Å²) in [6, 6.07) is 17.2. The molecule has 3 rings (SSSR count). The third-order valence-electron chi connectivity index (χ3n) is 3.96. The fourth-order valence-electron chi connectivity index (χ4n) is 2.72. The lowest BCUT2D eigenvalue weighted by Gasteiger charge is -2.30. The fourth-order valence-corrected chi connectivity index (χ4v) is 2.99. The van der Waals surface area contributed by atoms with Gasteiger partial charge in [0.05, 0.1) is 11.6 Å². The van der Waals surface area contributed by atoms with Crippen LogP contribution in [0.3, 0.4) is 0 Å². The van der Waals surface area contributed by atoms with E-state index in [9.17, 15) is 4.79 Å². The third kappa shape index (κ3) is 3.46. The van der Waals surface area contributed by atoms with Crippen LogP contribution in [0.5, 0.6) is 0 Å². The first kappa shape index (κ1) is 16.2. The van der Waals surface area contributed by atoms with Crippen molar-refractivity contribution in [2.75, 3.05) is 5.32 Å². The van der Waals surface area contributed by atoms with Crippen molar-refractivity contribution in [3.05, 3.63) is 77.0 Å². The number of allylic oxidation sites excluding steroid dienone is 1. The SMILES string of the molecule is CC1=C(C(=O)Nc2ccccc2)C(c2ccc(C)cc2)NC(=S)N1. The van der Waals surface area contributed by atoms with E-state index < -0.39 is 0 Å². The molecule has 3 N–H and O–H groups in total. The van der Waals surface area contributed by atoms with Crippen molar-refractivity contribution in [1.82, 2.24) is 10.6 Å². The second-order valence-corrected chi connectivity index (χ2v) is 6.21. The maximum atomic E-state index is 12.8. The van der Waals surface area contributed by atoms with Crippen LogP contribution in [-0.2, 0) is 4.79 Å². The Hall–Kier alpha value is -2.66. The number of hydrogen-bond donors (Lipinski definition) is 3. The van der Waals surface area contributed by atoms with Crippen molar-refractivity contribution in [2.45, 2.75) is 19.9 Å². The summed E-state index contributed by atoms with van der Waals surface area (Å²) in [5.41, 5.74) is 4.33. The molecule has 1 heterocycles. The highest BCUT2D eigenvalue weighted by Crippen LogP contribution is 2.28. The number of aryl methyl sites for hydroxylation is 1. The van der Waals surface area contributed by atoms with Crippen molar-refractivity contribution >= 4 is 28.9 Å². The Balaban J connectivity index is 1.94. The van der Waals surface area contributed by atoms with Gasteiger partial charge in [0, 0.05) is 11.4 Å². The Morgan fingerprint density at radius 1 is 1.04 bits per heavy atom. The number of hydrogen-bond acceptors (Lipinski definition) is 2. The number of amides is 1. The first-order valence-corrected chi connectivity index (χ1v) is 8.16. The van der Waals surface area contributed by atoms with Crippen molar-refractivity contribution < 1.29 is 4.79 Å². The highest BCUT2D eigenvalue weighted by molar-refractivity contribution is 7.80. The number of anilines is 1. The largest absolute Gasteiger partial charge is 0.351 e. The minimum absolute atomic E-state index is 0.147. The molecule has 24 heavy (non-hydrogen) atoms. The number of benzene rings is 2. The Morgan fingerprint density at radius 3 is 2.38 bits per heavy atom. The van der Waals surface area contributed by atoms with Crippen LogP contribution in [0.15, 0.2) is 65.9 Å². The van der Waals surface area contributed by atoms with Gasteiger partial charge in [0.2, 0.25) is 0 Å². The first-order valence-electron chi connectivity index (χ1n) is 7.76. The van der Waals surface area contributed by atoms with E-state index in [1.54, 1.807) is 0 Å². The van der Waals surface area contributed by atoms with Gasteiger partial charge in [0.25, 0.3) is 5.91 Å². The molecule has 1 aliphatic rings. The Bertz CT molecular complexity index is 797. The molecule has 0 aliphatic carbocycles. The molecule has 0 radical (unpaired) electrons. The van der Waals surface area contributed by atoms with Gasteiger partial charge in [-0.3, -0.25) is 4.79 Å². The summed E-state index contributed by atoms with van der Waals surface area (Å²) in [7, 11) is 0. The van der Waals surface area contributed by atoms with Crippen LogP contribution in [0.1, 0.15) is 24.1 Å². The van der Waals surface area contributed by atoms with Crippen LogP contribution in [0, 0.1) is 6.92 Å². The maximum absolute atomic E-state index is 12.8. The molecule has 2 aromatic rings. The highest BCUT2D eigenvalue weighted by atomic mass is 32.1. The van der Waals surface area contributed by atoms with Gasteiger partial charge in [-0.2, -0.15) is 0 Å². The number of nitrogens with one attached hydrogen (secondary N) is 3. The lowest BCUT2D eigenvalue weighted by Crippen LogP contribution is -2.45. The van der Waals surface area contributed by atoms with Gasteiger partial charge in [-0.1, -0.05) is 48.0 Å². The normalized spacial score (nSPS) is 17.1. The number of para-hydroxylation sites is 1. The van der Waals surface area contributed by atoms with E-state index in [2.05, 4.69) is 16.0 Å². The number of rotatable bonds is 3. The Kier molecular flexibility index (Phi) is 4.62. The van der Waals surface area contributed by atoms with Gasteiger partial charge in [-0.25, -0.2) is 0 Å². The van der Waals surface area contributed by atoms with Crippen LogP contribution in [-0.4, -0.2) is 11.0 Å². The van der Waals surface area contributed by atoms with Crippen LogP contribution < -0.4 is 16.0 Å². The van der Waals surface area contributed by atoms with E-state index in [0.29, 0.717) is 10.7 Å². The van der Waals surface area contributed by atoms with Crippen LogP contribution in [0.4, 0.5) is 5.69 Å². The average Bonchev–Trinajstić information content (AvgIpc) is 2.55.